The van der Waals surface area contributed by atoms with Crippen molar-refractivity contribution in [3.05, 3.63) is 36.0 Å². The van der Waals surface area contributed by atoms with Gasteiger partial charge in [-0.3, -0.25) is 0 Å². The molecule has 0 saturated heterocycles. The molecule has 2 rings (SSSR count). The number of para-hydroxylation sites is 2. The molecule has 5 heteroatoms. The predicted octanol–water partition coefficient (Wildman–Crippen LogP) is 1.54. The molecule has 0 aliphatic heterocycles. The summed E-state index contributed by atoms with van der Waals surface area (Å²) in [6.45, 7) is 1.96. The molecule has 0 unspecified atom stereocenters. The van der Waals surface area contributed by atoms with E-state index >= 15 is 0 Å². The van der Waals surface area contributed by atoms with Gasteiger partial charge in [-0.1, -0.05) is 12.1 Å². The third kappa shape index (κ3) is 2.25. The average Bonchev–Trinajstić information content (AvgIpc) is 2.63. The summed E-state index contributed by atoms with van der Waals surface area (Å²) in [5, 5.41) is 7.50. The molecule has 0 aliphatic carbocycles. The zero-order valence-corrected chi connectivity index (χ0v) is 8.30. The lowest BCUT2D eigenvalue weighted by molar-refractivity contribution is 0.262. The molecule has 2 aromatic rings. The van der Waals surface area contributed by atoms with Crippen molar-refractivity contribution in [2.75, 3.05) is 5.73 Å². The van der Waals surface area contributed by atoms with Gasteiger partial charge in [0.15, 0.2) is 6.61 Å². The molecule has 0 spiro atoms. The number of nitrogens with zero attached hydrogens (tertiary/aromatic N) is 2. The molecular formula is C10H11N3O2. The summed E-state index contributed by atoms with van der Waals surface area (Å²) in [7, 11) is 0. The van der Waals surface area contributed by atoms with Gasteiger partial charge in [0.2, 0.25) is 5.89 Å². The van der Waals surface area contributed by atoms with Crippen LogP contribution in [0.2, 0.25) is 0 Å². The first kappa shape index (κ1) is 9.51. The highest BCUT2D eigenvalue weighted by Gasteiger charge is 2.04. The van der Waals surface area contributed by atoms with E-state index in [4.69, 9.17) is 14.9 Å². The van der Waals surface area contributed by atoms with E-state index in [-0.39, 0.29) is 6.61 Å². The standard InChI is InChI=1S/C10H11N3O2/c1-7-12-13-10(15-7)6-14-9-5-3-2-4-8(9)11/h2-5H,6,11H2,1H3. The van der Waals surface area contributed by atoms with Gasteiger partial charge in [0.25, 0.3) is 5.89 Å². The topological polar surface area (TPSA) is 74.2 Å². The highest BCUT2D eigenvalue weighted by molar-refractivity contribution is 5.51. The van der Waals surface area contributed by atoms with Gasteiger partial charge in [0.05, 0.1) is 5.69 Å². The summed E-state index contributed by atoms with van der Waals surface area (Å²) in [6.07, 6.45) is 0. The normalized spacial score (nSPS) is 10.2. The van der Waals surface area contributed by atoms with Crippen molar-refractivity contribution in [1.29, 1.82) is 0 Å². The molecular weight excluding hydrogens is 194 g/mol. The minimum absolute atomic E-state index is 0.231. The number of rotatable bonds is 3. The first-order valence-corrected chi connectivity index (χ1v) is 4.52. The lowest BCUT2D eigenvalue weighted by Gasteiger charge is -2.05. The zero-order valence-electron chi connectivity index (χ0n) is 8.30. The van der Waals surface area contributed by atoms with Gasteiger partial charge in [-0.25, -0.2) is 0 Å². The Balaban J connectivity index is 2.02. The maximum Gasteiger partial charge on any atom is 0.253 e. The summed E-state index contributed by atoms with van der Waals surface area (Å²) < 4.78 is 10.6. The monoisotopic (exact) mass is 205 g/mol. The van der Waals surface area contributed by atoms with Crippen LogP contribution in [0.4, 0.5) is 5.69 Å². The Bertz CT molecular complexity index is 453. The van der Waals surface area contributed by atoms with Gasteiger partial charge in [0, 0.05) is 6.92 Å². The summed E-state index contributed by atoms with van der Waals surface area (Å²) in [4.78, 5) is 0. The molecule has 0 aliphatic rings. The Morgan fingerprint density at radius 2 is 2.13 bits per heavy atom. The van der Waals surface area contributed by atoms with Gasteiger partial charge >= 0.3 is 0 Å². The Morgan fingerprint density at radius 3 is 2.80 bits per heavy atom. The largest absolute Gasteiger partial charge is 0.482 e. The van der Waals surface area contributed by atoms with Crippen LogP contribution in [0, 0.1) is 6.92 Å². The summed E-state index contributed by atoms with van der Waals surface area (Å²) in [5.41, 5.74) is 6.29. The van der Waals surface area contributed by atoms with Crippen molar-refractivity contribution in [2.45, 2.75) is 13.5 Å². The Hall–Kier alpha value is -2.04. The van der Waals surface area contributed by atoms with Crippen LogP contribution in [-0.2, 0) is 6.61 Å². The highest BCUT2D eigenvalue weighted by atomic mass is 16.5. The van der Waals surface area contributed by atoms with E-state index in [1.54, 1.807) is 19.1 Å². The number of hydrogen-bond donors (Lipinski definition) is 1. The zero-order chi connectivity index (χ0) is 10.7. The molecule has 0 saturated carbocycles. The van der Waals surface area contributed by atoms with Gasteiger partial charge in [-0.15, -0.1) is 10.2 Å². The Morgan fingerprint density at radius 1 is 1.33 bits per heavy atom. The second-order valence-corrected chi connectivity index (χ2v) is 3.04. The molecule has 0 atom stereocenters. The number of aryl methyl sites for hydroxylation is 1. The van der Waals surface area contributed by atoms with Gasteiger partial charge in [-0.2, -0.15) is 0 Å². The minimum Gasteiger partial charge on any atom is -0.482 e. The highest BCUT2D eigenvalue weighted by Crippen LogP contribution is 2.20. The lowest BCUT2D eigenvalue weighted by atomic mass is 10.3. The van der Waals surface area contributed by atoms with E-state index in [0.29, 0.717) is 23.2 Å². The summed E-state index contributed by atoms with van der Waals surface area (Å²) in [5.74, 6) is 1.58. The molecule has 2 N–H and O–H groups in total. The fourth-order valence-electron chi connectivity index (χ4n) is 1.15. The first-order chi connectivity index (χ1) is 7.25. The predicted molar refractivity (Wildman–Crippen MR) is 54.2 cm³/mol. The first-order valence-electron chi connectivity index (χ1n) is 4.52. The minimum atomic E-state index is 0.231. The van der Waals surface area contributed by atoms with Crippen LogP contribution < -0.4 is 10.5 Å². The van der Waals surface area contributed by atoms with Gasteiger partial charge in [0.1, 0.15) is 5.75 Å². The smallest absolute Gasteiger partial charge is 0.253 e. The van der Waals surface area contributed by atoms with Crippen molar-refractivity contribution < 1.29 is 9.15 Å². The van der Waals surface area contributed by atoms with Crippen LogP contribution >= 0.6 is 0 Å². The second-order valence-electron chi connectivity index (χ2n) is 3.04. The third-order valence-electron chi connectivity index (χ3n) is 1.84. The van der Waals surface area contributed by atoms with E-state index in [0.717, 1.165) is 0 Å². The number of ether oxygens (including phenoxy) is 1. The summed E-state index contributed by atoms with van der Waals surface area (Å²) >= 11 is 0. The Kier molecular flexibility index (Phi) is 2.53. The third-order valence-corrected chi connectivity index (χ3v) is 1.84. The molecule has 78 valence electrons. The molecule has 1 aromatic heterocycles. The van der Waals surface area contributed by atoms with E-state index in [9.17, 15) is 0 Å². The number of aromatic nitrogens is 2. The molecule has 0 amide bonds. The second kappa shape index (κ2) is 4.00. The van der Waals surface area contributed by atoms with E-state index < -0.39 is 0 Å². The fourth-order valence-corrected chi connectivity index (χ4v) is 1.15. The van der Waals surface area contributed by atoms with Crippen LogP contribution in [0.5, 0.6) is 5.75 Å². The van der Waals surface area contributed by atoms with Crippen molar-refractivity contribution in [1.82, 2.24) is 10.2 Å². The fraction of sp³-hybridized carbons (Fsp3) is 0.200. The van der Waals surface area contributed by atoms with Crippen molar-refractivity contribution in [3.8, 4) is 5.75 Å². The number of hydrogen-bond acceptors (Lipinski definition) is 5. The number of nitrogen functional groups attached to an aromatic ring is 1. The van der Waals surface area contributed by atoms with Crippen molar-refractivity contribution in [2.24, 2.45) is 0 Å². The molecule has 0 bridgehead atoms. The van der Waals surface area contributed by atoms with Crippen LogP contribution in [-0.4, -0.2) is 10.2 Å². The van der Waals surface area contributed by atoms with Crippen LogP contribution in [0.3, 0.4) is 0 Å². The maximum atomic E-state index is 5.70. The van der Waals surface area contributed by atoms with E-state index in [1.165, 1.54) is 0 Å². The number of anilines is 1. The van der Waals surface area contributed by atoms with Crippen molar-refractivity contribution in [3.63, 3.8) is 0 Å². The molecule has 1 aromatic carbocycles. The molecule has 0 radical (unpaired) electrons. The molecule has 5 nitrogen and oxygen atoms in total. The number of benzene rings is 1. The number of nitrogens with two attached hydrogens (primary N) is 1. The average molecular weight is 205 g/mol. The molecule has 0 fully saturated rings. The SMILES string of the molecule is Cc1nnc(COc2ccccc2N)o1. The van der Waals surface area contributed by atoms with Gasteiger partial charge < -0.3 is 14.9 Å². The van der Waals surface area contributed by atoms with Crippen molar-refractivity contribution >= 4 is 5.69 Å². The van der Waals surface area contributed by atoms with Crippen LogP contribution in [0.1, 0.15) is 11.8 Å². The van der Waals surface area contributed by atoms with Gasteiger partial charge in [-0.05, 0) is 12.1 Å². The lowest BCUT2D eigenvalue weighted by Crippen LogP contribution is -1.98. The Labute approximate surface area is 86.9 Å². The van der Waals surface area contributed by atoms with E-state index in [1.807, 2.05) is 12.1 Å². The molecule has 15 heavy (non-hydrogen) atoms. The summed E-state index contributed by atoms with van der Waals surface area (Å²) in [6, 6.07) is 7.26. The quantitative estimate of drug-likeness (QED) is 0.769. The maximum absolute atomic E-state index is 5.70. The van der Waals surface area contributed by atoms with Crippen LogP contribution in [0.15, 0.2) is 28.7 Å². The van der Waals surface area contributed by atoms with E-state index in [2.05, 4.69) is 10.2 Å². The van der Waals surface area contributed by atoms with Crippen LogP contribution in [0.25, 0.3) is 0 Å². The molecule has 1 heterocycles.